The molecule has 1 heterocycles. The molecule has 0 aliphatic carbocycles. The number of phenols is 1. The molecule has 234 valence electrons. The summed E-state index contributed by atoms with van der Waals surface area (Å²) in [5.74, 6) is 0.205. The Labute approximate surface area is 242 Å². The molecule has 3 rings (SSSR count). The van der Waals surface area contributed by atoms with Gasteiger partial charge in [0.2, 0.25) is 11.5 Å². The van der Waals surface area contributed by atoms with Gasteiger partial charge in [0.05, 0.1) is 48.3 Å². The average Bonchev–Trinajstić information content (AvgIpc) is 3.01. The second-order valence-corrected chi connectivity index (χ2v) is 9.25. The van der Waals surface area contributed by atoms with Gasteiger partial charge >= 0.3 is 0 Å². The molecular formula is C28H38O14. The van der Waals surface area contributed by atoms with Crippen molar-refractivity contribution in [3.05, 3.63) is 41.5 Å². The summed E-state index contributed by atoms with van der Waals surface area (Å²) in [6.07, 6.45) is -7.35. The third kappa shape index (κ3) is 7.35. The van der Waals surface area contributed by atoms with Crippen molar-refractivity contribution in [2.45, 2.75) is 42.9 Å². The molecule has 1 aliphatic heterocycles. The third-order valence-electron chi connectivity index (χ3n) is 6.64. The molecule has 7 N–H and O–H groups in total. The molecule has 2 aromatic rings. The van der Waals surface area contributed by atoms with Gasteiger partial charge in [-0.2, -0.15) is 0 Å². The number of aliphatic hydroxyl groups excluding tert-OH is 6. The molecule has 1 aliphatic rings. The highest BCUT2D eigenvalue weighted by Crippen LogP contribution is 2.43. The molecule has 7 atom stereocenters. The van der Waals surface area contributed by atoms with Gasteiger partial charge in [-0.25, -0.2) is 0 Å². The largest absolute Gasteiger partial charge is 0.502 e. The van der Waals surface area contributed by atoms with E-state index in [9.17, 15) is 30.6 Å². The molecule has 0 saturated carbocycles. The number of benzene rings is 2. The van der Waals surface area contributed by atoms with Crippen LogP contribution in [0, 0.1) is 0 Å². The van der Waals surface area contributed by atoms with Crippen LogP contribution in [0.4, 0.5) is 0 Å². The zero-order valence-electron chi connectivity index (χ0n) is 23.6. The standard InChI is InChI=1S/C28H38O14/c1-36-16-10-15(11-17(37-2)23(16)32)22(31)21(13-40-28-26(35)25(34)24(33)20(12-30)42-28)41-27-18(38-3)8-14(6-5-7-29)9-19(27)39-4/h5-6,8-11,20-22,24-26,28-35H,7,12-13H2,1-4H3. The fraction of sp³-hybridized carbons (Fsp3) is 0.500. The smallest absolute Gasteiger partial charge is 0.204 e. The number of methoxy groups -OCH3 is 4. The van der Waals surface area contributed by atoms with Crippen molar-refractivity contribution in [3.8, 4) is 34.5 Å². The summed E-state index contributed by atoms with van der Waals surface area (Å²) in [5.41, 5.74) is 0.803. The average molecular weight is 599 g/mol. The van der Waals surface area contributed by atoms with E-state index in [4.69, 9.17) is 38.3 Å². The van der Waals surface area contributed by atoms with Crippen LogP contribution in [0.5, 0.6) is 34.5 Å². The van der Waals surface area contributed by atoms with Gasteiger partial charge in [-0.1, -0.05) is 12.2 Å². The summed E-state index contributed by atoms with van der Waals surface area (Å²) < 4.78 is 38.7. The first-order chi connectivity index (χ1) is 20.1. The van der Waals surface area contributed by atoms with Crippen LogP contribution >= 0.6 is 0 Å². The summed E-state index contributed by atoms with van der Waals surface area (Å²) in [4.78, 5) is 0. The Balaban J connectivity index is 2.02. The van der Waals surface area contributed by atoms with Crippen LogP contribution in [-0.2, 0) is 9.47 Å². The van der Waals surface area contributed by atoms with Crippen LogP contribution in [0.15, 0.2) is 30.3 Å². The van der Waals surface area contributed by atoms with E-state index in [0.717, 1.165) is 0 Å². The quantitative estimate of drug-likeness (QED) is 0.150. The topological polar surface area (TPSA) is 206 Å². The van der Waals surface area contributed by atoms with Crippen molar-refractivity contribution < 1.29 is 68.9 Å². The van der Waals surface area contributed by atoms with E-state index >= 15 is 0 Å². The second-order valence-electron chi connectivity index (χ2n) is 9.25. The zero-order chi connectivity index (χ0) is 31.0. The van der Waals surface area contributed by atoms with Crippen molar-refractivity contribution in [2.75, 3.05) is 48.3 Å². The molecule has 0 aromatic heterocycles. The lowest BCUT2D eigenvalue weighted by Gasteiger charge is -2.40. The molecule has 0 radical (unpaired) electrons. The minimum atomic E-state index is -1.70. The van der Waals surface area contributed by atoms with Crippen molar-refractivity contribution in [1.82, 2.24) is 0 Å². The molecule has 1 saturated heterocycles. The highest BCUT2D eigenvalue weighted by atomic mass is 16.7. The molecule has 14 nitrogen and oxygen atoms in total. The van der Waals surface area contributed by atoms with Gasteiger partial charge in [0, 0.05) is 0 Å². The fourth-order valence-electron chi connectivity index (χ4n) is 4.34. The highest BCUT2D eigenvalue weighted by molar-refractivity contribution is 5.62. The van der Waals surface area contributed by atoms with Crippen LogP contribution in [0.3, 0.4) is 0 Å². The van der Waals surface area contributed by atoms with E-state index in [0.29, 0.717) is 5.56 Å². The molecule has 0 bridgehead atoms. The third-order valence-corrected chi connectivity index (χ3v) is 6.64. The van der Waals surface area contributed by atoms with Crippen molar-refractivity contribution >= 4 is 6.08 Å². The first-order valence-corrected chi connectivity index (χ1v) is 12.9. The number of rotatable bonds is 14. The van der Waals surface area contributed by atoms with E-state index in [1.165, 1.54) is 46.6 Å². The summed E-state index contributed by atoms with van der Waals surface area (Å²) >= 11 is 0. The lowest BCUT2D eigenvalue weighted by atomic mass is 9.99. The van der Waals surface area contributed by atoms with E-state index in [1.807, 2.05) is 0 Å². The number of aliphatic hydroxyl groups is 6. The van der Waals surface area contributed by atoms with Crippen LogP contribution in [0.25, 0.3) is 6.08 Å². The number of hydrogen-bond acceptors (Lipinski definition) is 14. The van der Waals surface area contributed by atoms with Gasteiger partial charge in [0.15, 0.2) is 35.4 Å². The van der Waals surface area contributed by atoms with Crippen molar-refractivity contribution in [3.63, 3.8) is 0 Å². The Kier molecular flexibility index (Phi) is 12.0. The van der Waals surface area contributed by atoms with Gasteiger partial charge < -0.3 is 68.9 Å². The molecular weight excluding hydrogens is 560 g/mol. The predicted molar refractivity (Wildman–Crippen MR) is 146 cm³/mol. The normalized spacial score (nSPS) is 23.8. The maximum Gasteiger partial charge on any atom is 0.204 e. The molecule has 7 unspecified atom stereocenters. The SMILES string of the molecule is COc1cc(C(O)C(COC2OC(CO)C(O)C(O)C2O)Oc2c(OC)cc(C=CCO)cc2OC)cc(OC)c1O. The van der Waals surface area contributed by atoms with E-state index < -0.39 is 56.1 Å². The first kappa shape index (κ1) is 33.2. The van der Waals surface area contributed by atoms with Gasteiger partial charge in [0.1, 0.15) is 30.5 Å². The Hall–Kier alpha value is -3.34. The van der Waals surface area contributed by atoms with Crippen molar-refractivity contribution in [1.29, 1.82) is 0 Å². The number of aromatic hydroxyl groups is 1. The fourth-order valence-corrected chi connectivity index (χ4v) is 4.34. The summed E-state index contributed by atoms with van der Waals surface area (Å²) in [7, 11) is 5.44. The highest BCUT2D eigenvalue weighted by Gasteiger charge is 2.44. The molecule has 0 amide bonds. The Morgan fingerprint density at radius 1 is 0.833 bits per heavy atom. The number of ether oxygens (including phenoxy) is 7. The minimum absolute atomic E-state index is 0.00665. The van der Waals surface area contributed by atoms with E-state index in [2.05, 4.69) is 0 Å². The monoisotopic (exact) mass is 598 g/mol. The maximum absolute atomic E-state index is 11.5. The lowest BCUT2D eigenvalue weighted by molar-refractivity contribution is -0.305. The summed E-state index contributed by atoms with van der Waals surface area (Å²) in [6, 6.07) is 5.95. The van der Waals surface area contributed by atoms with Crippen molar-refractivity contribution in [2.24, 2.45) is 0 Å². The Bertz CT molecular complexity index is 1140. The second kappa shape index (κ2) is 15.2. The molecule has 2 aromatic carbocycles. The van der Waals surface area contributed by atoms with Gasteiger partial charge in [-0.3, -0.25) is 0 Å². The molecule has 0 spiro atoms. The van der Waals surface area contributed by atoms with Crippen LogP contribution in [0.2, 0.25) is 0 Å². The van der Waals surface area contributed by atoms with Gasteiger partial charge in [-0.15, -0.1) is 0 Å². The van der Waals surface area contributed by atoms with Gasteiger partial charge in [0.25, 0.3) is 0 Å². The van der Waals surface area contributed by atoms with Crippen LogP contribution in [-0.4, -0.2) is 121 Å². The Morgan fingerprint density at radius 2 is 1.40 bits per heavy atom. The summed E-state index contributed by atoms with van der Waals surface area (Å²) in [5, 5.41) is 71.2. The zero-order valence-corrected chi connectivity index (χ0v) is 23.6. The van der Waals surface area contributed by atoms with Crippen LogP contribution < -0.4 is 23.7 Å². The minimum Gasteiger partial charge on any atom is -0.502 e. The number of hydrogen-bond donors (Lipinski definition) is 7. The Morgan fingerprint density at radius 3 is 1.90 bits per heavy atom. The maximum atomic E-state index is 11.5. The first-order valence-electron chi connectivity index (χ1n) is 12.9. The molecule has 1 fully saturated rings. The molecule has 14 heteroatoms. The van der Waals surface area contributed by atoms with Crippen LogP contribution in [0.1, 0.15) is 17.2 Å². The van der Waals surface area contributed by atoms with E-state index in [1.54, 1.807) is 18.2 Å². The van der Waals surface area contributed by atoms with E-state index in [-0.39, 0.29) is 46.7 Å². The molecule has 42 heavy (non-hydrogen) atoms. The summed E-state index contributed by atoms with van der Waals surface area (Å²) in [6.45, 7) is -1.33. The predicted octanol–water partition coefficient (Wildman–Crippen LogP) is -0.270. The number of phenolic OH excluding ortho intramolecular Hbond substituents is 1. The van der Waals surface area contributed by atoms with Gasteiger partial charge in [-0.05, 0) is 35.4 Å². The lowest BCUT2D eigenvalue weighted by Crippen LogP contribution is -2.59.